The molecule has 1 amide bonds. The predicted octanol–water partition coefficient (Wildman–Crippen LogP) is 4.03. The summed E-state index contributed by atoms with van der Waals surface area (Å²) in [7, 11) is 0. The largest absolute Gasteiger partial charge is 0.491 e. The first-order valence-electron chi connectivity index (χ1n) is 10.2. The first-order chi connectivity index (χ1) is 15.6. The van der Waals surface area contributed by atoms with E-state index in [0.717, 1.165) is 22.2 Å². The molecule has 5 rings (SSSR count). The SMILES string of the molecule is Cc1ccc([C@@]2(NC(=O)c3c[nH]c4ccccc34)CCOc3cccnc32)cc1.O=CO. The smallest absolute Gasteiger partial charge is 0.290 e. The van der Waals surface area contributed by atoms with Crippen LogP contribution in [0.4, 0.5) is 0 Å². The lowest BCUT2D eigenvalue weighted by Gasteiger charge is -2.39. The van der Waals surface area contributed by atoms with Crippen molar-refractivity contribution in [3.8, 4) is 5.75 Å². The molecule has 1 aliphatic rings. The summed E-state index contributed by atoms with van der Waals surface area (Å²) >= 11 is 0. The van der Waals surface area contributed by atoms with Crippen LogP contribution in [0.15, 0.2) is 73.1 Å². The highest BCUT2D eigenvalue weighted by atomic mass is 16.5. The molecule has 0 bridgehead atoms. The average molecular weight is 429 g/mol. The molecule has 2 aromatic carbocycles. The van der Waals surface area contributed by atoms with Crippen LogP contribution in [0.3, 0.4) is 0 Å². The van der Waals surface area contributed by atoms with Crippen LogP contribution in [0.25, 0.3) is 10.9 Å². The van der Waals surface area contributed by atoms with Gasteiger partial charge in [-0.15, -0.1) is 0 Å². The topological polar surface area (TPSA) is 104 Å². The van der Waals surface area contributed by atoms with E-state index < -0.39 is 5.54 Å². The molecule has 0 spiro atoms. The van der Waals surface area contributed by atoms with Crippen molar-refractivity contribution in [1.29, 1.82) is 0 Å². The number of carbonyl (C=O) groups is 2. The third-order valence-corrected chi connectivity index (χ3v) is 5.61. The van der Waals surface area contributed by atoms with Gasteiger partial charge in [0.05, 0.1) is 12.2 Å². The number of carboxylic acid groups (broad SMARTS) is 1. The minimum absolute atomic E-state index is 0.137. The van der Waals surface area contributed by atoms with E-state index in [1.165, 1.54) is 5.56 Å². The number of aromatic nitrogens is 2. The zero-order valence-electron chi connectivity index (χ0n) is 17.5. The van der Waals surface area contributed by atoms with E-state index in [-0.39, 0.29) is 12.4 Å². The summed E-state index contributed by atoms with van der Waals surface area (Å²) in [5.41, 5.74) is 3.71. The molecule has 162 valence electrons. The van der Waals surface area contributed by atoms with E-state index in [4.69, 9.17) is 14.6 Å². The second-order valence-corrected chi connectivity index (χ2v) is 7.53. The number of hydrogen-bond acceptors (Lipinski definition) is 4. The van der Waals surface area contributed by atoms with Crippen molar-refractivity contribution >= 4 is 23.3 Å². The first kappa shape index (κ1) is 21.1. The fraction of sp³-hybridized carbons (Fsp3) is 0.160. The van der Waals surface area contributed by atoms with Crippen molar-refractivity contribution < 1.29 is 19.4 Å². The number of amides is 1. The Labute approximate surface area is 185 Å². The predicted molar refractivity (Wildman–Crippen MR) is 121 cm³/mol. The summed E-state index contributed by atoms with van der Waals surface area (Å²) < 4.78 is 5.85. The molecule has 7 nitrogen and oxygen atoms in total. The second kappa shape index (κ2) is 8.93. The maximum atomic E-state index is 13.4. The van der Waals surface area contributed by atoms with Gasteiger partial charge in [-0.2, -0.15) is 0 Å². The number of rotatable bonds is 3. The van der Waals surface area contributed by atoms with Gasteiger partial charge in [0.15, 0.2) is 0 Å². The van der Waals surface area contributed by atoms with E-state index >= 15 is 0 Å². The van der Waals surface area contributed by atoms with Crippen LogP contribution in [0.5, 0.6) is 5.75 Å². The number of nitrogens with one attached hydrogen (secondary N) is 2. The minimum atomic E-state index is -0.752. The third-order valence-electron chi connectivity index (χ3n) is 5.61. The van der Waals surface area contributed by atoms with Crippen molar-refractivity contribution in [1.82, 2.24) is 15.3 Å². The molecule has 0 saturated carbocycles. The maximum Gasteiger partial charge on any atom is 0.290 e. The quantitative estimate of drug-likeness (QED) is 0.427. The van der Waals surface area contributed by atoms with Crippen molar-refractivity contribution in [3.63, 3.8) is 0 Å². The van der Waals surface area contributed by atoms with E-state index in [0.29, 0.717) is 24.3 Å². The van der Waals surface area contributed by atoms with E-state index in [9.17, 15) is 4.79 Å². The molecule has 3 heterocycles. The fourth-order valence-electron chi connectivity index (χ4n) is 4.09. The zero-order valence-corrected chi connectivity index (χ0v) is 17.5. The van der Waals surface area contributed by atoms with Crippen LogP contribution in [0.1, 0.15) is 33.6 Å². The summed E-state index contributed by atoms with van der Waals surface area (Å²) in [6, 6.07) is 19.8. The van der Waals surface area contributed by atoms with Crippen LogP contribution >= 0.6 is 0 Å². The molecular formula is C25H23N3O4. The zero-order chi connectivity index (χ0) is 22.6. The van der Waals surface area contributed by atoms with Gasteiger partial charge in [-0.1, -0.05) is 48.0 Å². The molecular weight excluding hydrogens is 406 g/mol. The number of benzene rings is 2. The number of fused-ring (bicyclic) bond motifs is 2. The number of aromatic amines is 1. The highest BCUT2D eigenvalue weighted by molar-refractivity contribution is 6.07. The van der Waals surface area contributed by atoms with E-state index in [1.807, 2.05) is 36.4 Å². The lowest BCUT2D eigenvalue weighted by Crippen LogP contribution is -2.50. The normalized spacial score (nSPS) is 16.8. The summed E-state index contributed by atoms with van der Waals surface area (Å²) in [6.45, 7) is 2.30. The van der Waals surface area contributed by atoms with Gasteiger partial charge in [0, 0.05) is 29.7 Å². The highest BCUT2D eigenvalue weighted by Crippen LogP contribution is 2.40. The Kier molecular flexibility index (Phi) is 5.89. The van der Waals surface area contributed by atoms with Gasteiger partial charge in [-0.25, -0.2) is 0 Å². The number of pyridine rings is 1. The molecule has 1 aliphatic heterocycles. The molecule has 2 aromatic heterocycles. The van der Waals surface area contributed by atoms with E-state index in [2.05, 4.69) is 46.5 Å². The van der Waals surface area contributed by atoms with Crippen molar-refractivity contribution in [2.75, 3.05) is 6.61 Å². The van der Waals surface area contributed by atoms with Gasteiger partial charge in [0.1, 0.15) is 17.0 Å². The number of ether oxygens (including phenoxy) is 1. The molecule has 0 radical (unpaired) electrons. The Bertz CT molecular complexity index is 1250. The lowest BCUT2D eigenvalue weighted by molar-refractivity contribution is -0.122. The number of para-hydroxylation sites is 1. The van der Waals surface area contributed by atoms with Gasteiger partial charge in [0.25, 0.3) is 12.4 Å². The molecule has 0 unspecified atom stereocenters. The molecule has 0 saturated heterocycles. The third kappa shape index (κ3) is 3.80. The van der Waals surface area contributed by atoms with Crippen LogP contribution in [-0.2, 0) is 10.3 Å². The van der Waals surface area contributed by atoms with Crippen LogP contribution < -0.4 is 10.1 Å². The monoisotopic (exact) mass is 429 g/mol. The van der Waals surface area contributed by atoms with Gasteiger partial charge in [-0.3, -0.25) is 14.6 Å². The highest BCUT2D eigenvalue weighted by Gasteiger charge is 2.42. The second-order valence-electron chi connectivity index (χ2n) is 7.53. The molecule has 4 aromatic rings. The Hall–Kier alpha value is -4.13. The Morgan fingerprint density at radius 3 is 2.69 bits per heavy atom. The molecule has 7 heteroatoms. The summed E-state index contributed by atoms with van der Waals surface area (Å²) in [5, 5.41) is 11.1. The summed E-state index contributed by atoms with van der Waals surface area (Å²) in [6.07, 6.45) is 4.12. The summed E-state index contributed by atoms with van der Waals surface area (Å²) in [5.74, 6) is 0.570. The van der Waals surface area contributed by atoms with Crippen LogP contribution in [0.2, 0.25) is 0 Å². The summed E-state index contributed by atoms with van der Waals surface area (Å²) in [4.78, 5) is 29.6. The van der Waals surface area contributed by atoms with Crippen molar-refractivity contribution in [2.45, 2.75) is 18.9 Å². The van der Waals surface area contributed by atoms with Gasteiger partial charge >= 0.3 is 0 Å². The molecule has 0 aliphatic carbocycles. The Morgan fingerprint density at radius 2 is 1.91 bits per heavy atom. The fourth-order valence-corrected chi connectivity index (χ4v) is 4.09. The number of hydrogen-bond donors (Lipinski definition) is 3. The van der Waals surface area contributed by atoms with Crippen LogP contribution in [0, 0.1) is 6.92 Å². The molecule has 1 atom stereocenters. The van der Waals surface area contributed by atoms with Crippen LogP contribution in [-0.4, -0.2) is 34.1 Å². The van der Waals surface area contributed by atoms with Crippen molar-refractivity contribution in [2.24, 2.45) is 0 Å². The lowest BCUT2D eigenvalue weighted by atomic mass is 9.81. The molecule has 0 fully saturated rings. The van der Waals surface area contributed by atoms with E-state index in [1.54, 1.807) is 12.4 Å². The molecule has 32 heavy (non-hydrogen) atoms. The molecule has 3 N–H and O–H groups in total. The van der Waals surface area contributed by atoms with Crippen molar-refractivity contribution in [3.05, 3.63) is 95.4 Å². The average Bonchev–Trinajstić information content (AvgIpc) is 3.25. The Morgan fingerprint density at radius 1 is 1.16 bits per heavy atom. The maximum absolute atomic E-state index is 13.4. The Balaban J connectivity index is 0.000000775. The minimum Gasteiger partial charge on any atom is -0.491 e. The number of H-pyrrole nitrogens is 1. The van der Waals surface area contributed by atoms with Gasteiger partial charge < -0.3 is 20.1 Å². The number of carbonyl (C=O) groups excluding carboxylic acids is 1. The standard InChI is InChI=1S/C24H21N3O2.CH2O2/c1-16-8-10-17(11-9-16)24(12-14-29-21-7-4-13-25-22(21)24)27-23(28)19-15-26-20-6-3-2-5-18(19)20;2-1-3/h2-11,13,15,26H,12,14H2,1H3,(H,27,28);1H,(H,2,3)/t24-;/m0./s1. The number of aryl methyl sites for hydroxylation is 1. The van der Waals surface area contributed by atoms with Gasteiger partial charge in [0.2, 0.25) is 0 Å². The van der Waals surface area contributed by atoms with Gasteiger partial charge in [-0.05, 0) is 30.7 Å². The number of nitrogens with zero attached hydrogens (tertiary/aromatic N) is 1. The first-order valence-corrected chi connectivity index (χ1v) is 10.2.